The number of β-amino-alcohol motifs (C(OH)–C–C–N with tert-alkyl or cyclic N) is 1. The van der Waals surface area contributed by atoms with E-state index in [-0.39, 0.29) is 17.7 Å². The van der Waals surface area contributed by atoms with Gasteiger partial charge >= 0.3 is 6.18 Å². The van der Waals surface area contributed by atoms with Gasteiger partial charge in [0.1, 0.15) is 17.0 Å². The maximum absolute atomic E-state index is 13.8. The predicted octanol–water partition coefficient (Wildman–Crippen LogP) is 3.97. The van der Waals surface area contributed by atoms with Crippen LogP contribution in [0.15, 0.2) is 67.1 Å². The van der Waals surface area contributed by atoms with Crippen molar-refractivity contribution in [2.45, 2.75) is 25.2 Å². The molecule has 2 N–H and O–H groups in total. The minimum atomic E-state index is -4.62. The molecule has 1 saturated heterocycles. The molecule has 10 heteroatoms. The summed E-state index contributed by atoms with van der Waals surface area (Å²) in [4.78, 5) is 23.0. The van der Waals surface area contributed by atoms with E-state index in [0.29, 0.717) is 36.6 Å². The van der Waals surface area contributed by atoms with Crippen molar-refractivity contribution in [3.05, 3.63) is 95.2 Å². The molecule has 1 unspecified atom stereocenters. The van der Waals surface area contributed by atoms with Crippen LogP contribution in [-0.4, -0.2) is 49.5 Å². The number of fused-ring (bicyclic) bond motifs is 1. The number of aromatic nitrogens is 3. The van der Waals surface area contributed by atoms with Crippen LogP contribution >= 0.6 is 0 Å². The molecular weight excluding hydrogens is 483 g/mol. The number of hydrogen-bond acceptors (Lipinski definition) is 5. The van der Waals surface area contributed by atoms with E-state index in [9.17, 15) is 23.1 Å². The summed E-state index contributed by atoms with van der Waals surface area (Å²) in [5.74, 6) is 5.23. The number of alkyl halides is 3. The first kappa shape index (κ1) is 24.5. The zero-order valence-electron chi connectivity index (χ0n) is 19.5. The molecule has 1 atom stereocenters. The van der Waals surface area contributed by atoms with Crippen molar-refractivity contribution in [2.75, 3.05) is 18.4 Å². The van der Waals surface area contributed by atoms with Crippen molar-refractivity contribution >= 4 is 17.2 Å². The lowest BCUT2D eigenvalue weighted by atomic mass is 10.0. The predicted molar refractivity (Wildman–Crippen MR) is 131 cm³/mol. The SMILES string of the molecule is O=C(Nc1ccnc(C#Cc2cnc3ccccn23)c1)c1ccc(CN2CCC(O)C2)c(C(F)(F)F)c1. The molecule has 7 nitrogen and oxygen atoms in total. The summed E-state index contributed by atoms with van der Waals surface area (Å²) in [7, 11) is 0. The first-order chi connectivity index (χ1) is 17.8. The Balaban J connectivity index is 1.33. The molecule has 0 radical (unpaired) electrons. The van der Waals surface area contributed by atoms with Gasteiger partial charge in [-0.2, -0.15) is 13.2 Å². The Kier molecular flexibility index (Phi) is 6.65. The molecule has 1 amide bonds. The van der Waals surface area contributed by atoms with Crippen LogP contribution in [0.2, 0.25) is 0 Å². The molecule has 37 heavy (non-hydrogen) atoms. The van der Waals surface area contributed by atoms with E-state index in [2.05, 4.69) is 27.1 Å². The van der Waals surface area contributed by atoms with Crippen molar-refractivity contribution < 1.29 is 23.1 Å². The minimum absolute atomic E-state index is 0.0483. The number of carbonyl (C=O) groups is 1. The fourth-order valence-corrected chi connectivity index (χ4v) is 4.25. The maximum atomic E-state index is 13.8. The topological polar surface area (TPSA) is 82.8 Å². The standard InChI is InChI=1S/C27H22F3N5O2/c28-27(29,30)24-13-18(4-5-19(24)16-34-12-9-23(36)17-34)26(37)33-21-8-10-31-20(14-21)6-7-22-15-32-25-3-1-2-11-35(22)25/h1-5,8,10-11,13-15,23,36H,9,12,16-17H2,(H,31,33,37). The smallest absolute Gasteiger partial charge is 0.392 e. The van der Waals surface area contributed by atoms with Crippen LogP contribution < -0.4 is 5.32 Å². The van der Waals surface area contributed by atoms with Gasteiger partial charge in [-0.3, -0.25) is 14.1 Å². The van der Waals surface area contributed by atoms with Gasteiger partial charge in [-0.15, -0.1) is 0 Å². The van der Waals surface area contributed by atoms with Crippen LogP contribution in [0.25, 0.3) is 5.65 Å². The summed E-state index contributed by atoms with van der Waals surface area (Å²) in [6, 6.07) is 12.2. The van der Waals surface area contributed by atoms with E-state index < -0.39 is 23.8 Å². The second kappa shape index (κ2) is 10.0. The number of aliphatic hydroxyl groups is 1. The van der Waals surface area contributed by atoms with E-state index in [0.717, 1.165) is 11.7 Å². The number of anilines is 1. The van der Waals surface area contributed by atoms with E-state index >= 15 is 0 Å². The molecule has 0 aliphatic carbocycles. The number of amides is 1. The summed E-state index contributed by atoms with van der Waals surface area (Å²) in [5, 5.41) is 12.3. The van der Waals surface area contributed by atoms with Crippen molar-refractivity contribution in [1.82, 2.24) is 19.3 Å². The third-order valence-corrected chi connectivity index (χ3v) is 6.07. The number of benzene rings is 1. The Morgan fingerprint density at radius 1 is 1.14 bits per heavy atom. The summed E-state index contributed by atoms with van der Waals surface area (Å²) in [5.41, 5.74) is 1.22. The number of rotatable bonds is 4. The molecule has 0 saturated carbocycles. The number of nitrogens with one attached hydrogen (secondary N) is 1. The van der Waals surface area contributed by atoms with Crippen LogP contribution in [0.5, 0.6) is 0 Å². The fourth-order valence-electron chi connectivity index (χ4n) is 4.25. The zero-order chi connectivity index (χ0) is 26.0. The fraction of sp³-hybridized carbons (Fsp3) is 0.222. The molecule has 4 heterocycles. The molecule has 0 bridgehead atoms. The quantitative estimate of drug-likeness (QED) is 0.411. The zero-order valence-corrected chi connectivity index (χ0v) is 19.5. The van der Waals surface area contributed by atoms with E-state index in [1.807, 2.05) is 28.8 Å². The van der Waals surface area contributed by atoms with Gasteiger partial charge in [-0.05, 0) is 60.2 Å². The van der Waals surface area contributed by atoms with Gasteiger partial charge in [0.25, 0.3) is 5.91 Å². The van der Waals surface area contributed by atoms with Gasteiger partial charge in [0.2, 0.25) is 0 Å². The average Bonchev–Trinajstić information content (AvgIpc) is 3.48. The molecule has 0 spiro atoms. The number of carbonyl (C=O) groups excluding carboxylic acids is 1. The number of pyridine rings is 2. The number of hydrogen-bond donors (Lipinski definition) is 2. The molecule has 1 aliphatic heterocycles. The minimum Gasteiger partial charge on any atom is -0.392 e. The second-order valence-electron chi connectivity index (χ2n) is 8.75. The largest absolute Gasteiger partial charge is 0.416 e. The Morgan fingerprint density at radius 3 is 2.78 bits per heavy atom. The molecule has 1 fully saturated rings. The van der Waals surface area contributed by atoms with Crippen LogP contribution in [0.1, 0.15) is 39.3 Å². The van der Waals surface area contributed by atoms with Gasteiger partial charge in [0, 0.05) is 43.3 Å². The molecule has 4 aromatic rings. The van der Waals surface area contributed by atoms with Crippen molar-refractivity contribution in [2.24, 2.45) is 0 Å². The maximum Gasteiger partial charge on any atom is 0.416 e. The van der Waals surface area contributed by atoms with Gasteiger partial charge in [-0.25, -0.2) is 9.97 Å². The third kappa shape index (κ3) is 5.63. The number of imidazole rings is 1. The van der Waals surface area contributed by atoms with Crippen molar-refractivity contribution in [3.8, 4) is 11.8 Å². The monoisotopic (exact) mass is 505 g/mol. The highest BCUT2D eigenvalue weighted by Gasteiger charge is 2.35. The molecule has 1 aliphatic rings. The lowest BCUT2D eigenvalue weighted by molar-refractivity contribution is -0.138. The lowest BCUT2D eigenvalue weighted by Gasteiger charge is -2.19. The third-order valence-electron chi connectivity index (χ3n) is 6.07. The molecule has 5 rings (SSSR count). The number of aliphatic hydroxyl groups excluding tert-OH is 1. The molecule has 3 aromatic heterocycles. The second-order valence-corrected chi connectivity index (χ2v) is 8.75. The van der Waals surface area contributed by atoms with Gasteiger partial charge in [0.05, 0.1) is 17.9 Å². The summed E-state index contributed by atoms with van der Waals surface area (Å²) in [6.07, 6.45) is 0.310. The molecule has 188 valence electrons. The van der Waals surface area contributed by atoms with E-state index in [1.54, 1.807) is 17.2 Å². The lowest BCUT2D eigenvalue weighted by Crippen LogP contribution is -2.24. The Hall–Kier alpha value is -4.20. The highest BCUT2D eigenvalue weighted by Crippen LogP contribution is 2.34. The van der Waals surface area contributed by atoms with Crippen LogP contribution in [0, 0.1) is 11.8 Å². The van der Waals surface area contributed by atoms with Crippen molar-refractivity contribution in [1.29, 1.82) is 0 Å². The first-order valence-corrected chi connectivity index (χ1v) is 11.6. The number of nitrogens with zero attached hydrogens (tertiary/aromatic N) is 4. The summed E-state index contributed by atoms with van der Waals surface area (Å²) >= 11 is 0. The summed E-state index contributed by atoms with van der Waals surface area (Å²) < 4.78 is 43.2. The van der Waals surface area contributed by atoms with Crippen LogP contribution in [-0.2, 0) is 12.7 Å². The Labute approximate surface area is 210 Å². The Bertz CT molecular complexity index is 1520. The Morgan fingerprint density at radius 2 is 2.00 bits per heavy atom. The highest BCUT2D eigenvalue weighted by molar-refractivity contribution is 6.04. The average molecular weight is 506 g/mol. The normalized spacial score (nSPS) is 15.9. The van der Waals surface area contributed by atoms with Gasteiger partial charge < -0.3 is 10.4 Å². The number of halogens is 3. The van der Waals surface area contributed by atoms with E-state index in [1.165, 1.54) is 24.4 Å². The number of likely N-dealkylation sites (tertiary alicyclic amines) is 1. The summed E-state index contributed by atoms with van der Waals surface area (Å²) in [6.45, 7) is 0.891. The van der Waals surface area contributed by atoms with Crippen LogP contribution in [0.3, 0.4) is 0 Å². The van der Waals surface area contributed by atoms with Crippen molar-refractivity contribution in [3.63, 3.8) is 0 Å². The van der Waals surface area contributed by atoms with Gasteiger partial charge in [-0.1, -0.05) is 12.1 Å². The van der Waals surface area contributed by atoms with E-state index in [4.69, 9.17) is 0 Å². The van der Waals surface area contributed by atoms with Gasteiger partial charge in [0.15, 0.2) is 0 Å². The molecular formula is C27H22F3N5O2. The highest BCUT2D eigenvalue weighted by atomic mass is 19.4. The molecule has 1 aromatic carbocycles. The first-order valence-electron chi connectivity index (χ1n) is 11.6. The van der Waals surface area contributed by atoms with Crippen LogP contribution in [0.4, 0.5) is 18.9 Å².